The van der Waals surface area contributed by atoms with Gasteiger partial charge >= 0.3 is 0 Å². The fraction of sp³-hybridized carbons (Fsp3) is 0.231. The summed E-state index contributed by atoms with van der Waals surface area (Å²) in [6.45, 7) is 19.0. The van der Waals surface area contributed by atoms with Crippen molar-refractivity contribution in [2.45, 2.75) is 39.5 Å². The minimum Gasteiger partial charge on any atom is -0.341 e. The van der Waals surface area contributed by atoms with Crippen molar-refractivity contribution in [3.05, 3.63) is 139 Å². The molecule has 0 radical (unpaired) electrons. The third-order valence-electron chi connectivity index (χ3n) is 8.29. The Morgan fingerprint density at radius 3 is 2.48 bits per heavy atom. The number of benzene rings is 3. The van der Waals surface area contributed by atoms with Crippen LogP contribution in [-0.2, 0) is 0 Å². The minimum absolute atomic E-state index is 0.337. The summed E-state index contributed by atoms with van der Waals surface area (Å²) in [5, 5.41) is 3.49. The van der Waals surface area contributed by atoms with Gasteiger partial charge in [0, 0.05) is 24.0 Å². The van der Waals surface area contributed by atoms with Crippen LogP contribution in [0.1, 0.15) is 39.5 Å². The van der Waals surface area contributed by atoms with Crippen LogP contribution in [0.5, 0.6) is 0 Å². The van der Waals surface area contributed by atoms with E-state index in [1.54, 1.807) is 0 Å². The van der Waals surface area contributed by atoms with Gasteiger partial charge in [-0.05, 0) is 77.7 Å². The monoisotopic (exact) mass is 551 g/mol. The number of para-hydroxylation sites is 1. The zero-order valence-corrected chi connectivity index (χ0v) is 25.0. The summed E-state index contributed by atoms with van der Waals surface area (Å²) in [7, 11) is 0. The smallest absolute Gasteiger partial charge is 0.226 e. The van der Waals surface area contributed by atoms with Crippen LogP contribution in [-0.4, -0.2) is 23.1 Å². The zero-order valence-electron chi connectivity index (χ0n) is 25.0. The number of fused-ring (bicyclic) bond motifs is 2. The SMILES string of the molecule is C=C/C1=C(\C=C/C)[C@@H](CC)CCN(c2nc(-c3cccc4ccccc34)c3ccccc3n2)CCC/C=C\C(=C)C1=C. The molecule has 0 amide bonds. The van der Waals surface area contributed by atoms with Gasteiger partial charge in [-0.25, -0.2) is 9.97 Å². The predicted octanol–water partition coefficient (Wildman–Crippen LogP) is 10.2. The van der Waals surface area contributed by atoms with Crippen molar-refractivity contribution in [1.29, 1.82) is 0 Å². The lowest BCUT2D eigenvalue weighted by Crippen LogP contribution is -2.29. The van der Waals surface area contributed by atoms with Crippen LogP contribution in [0, 0.1) is 5.92 Å². The van der Waals surface area contributed by atoms with Gasteiger partial charge in [-0.2, -0.15) is 0 Å². The van der Waals surface area contributed by atoms with Crippen LogP contribution >= 0.6 is 0 Å². The van der Waals surface area contributed by atoms with E-state index in [-0.39, 0.29) is 0 Å². The number of allylic oxidation sites excluding steroid dienone is 9. The lowest BCUT2D eigenvalue weighted by atomic mass is 9.84. The topological polar surface area (TPSA) is 29.0 Å². The van der Waals surface area contributed by atoms with E-state index in [9.17, 15) is 0 Å². The molecule has 3 heteroatoms. The van der Waals surface area contributed by atoms with E-state index in [1.165, 1.54) is 16.3 Å². The summed E-state index contributed by atoms with van der Waals surface area (Å²) in [6, 6.07) is 23.4. The van der Waals surface area contributed by atoms with Crippen LogP contribution in [0.4, 0.5) is 5.95 Å². The highest BCUT2D eigenvalue weighted by Crippen LogP contribution is 2.35. The second-order valence-electron chi connectivity index (χ2n) is 10.9. The van der Waals surface area contributed by atoms with E-state index >= 15 is 0 Å². The quantitative estimate of drug-likeness (QED) is 0.247. The third kappa shape index (κ3) is 6.06. The summed E-state index contributed by atoms with van der Waals surface area (Å²) in [6.07, 6.45) is 14.5. The van der Waals surface area contributed by atoms with Crippen LogP contribution in [0.3, 0.4) is 0 Å². The number of hydrogen-bond acceptors (Lipinski definition) is 3. The summed E-state index contributed by atoms with van der Waals surface area (Å²) < 4.78 is 0. The molecule has 0 unspecified atom stereocenters. The number of rotatable bonds is 5. The van der Waals surface area contributed by atoms with Crippen LogP contribution in [0.2, 0.25) is 0 Å². The molecule has 1 aromatic heterocycles. The van der Waals surface area contributed by atoms with E-state index in [2.05, 4.69) is 130 Å². The maximum Gasteiger partial charge on any atom is 0.226 e. The highest BCUT2D eigenvalue weighted by Gasteiger charge is 2.21. The summed E-state index contributed by atoms with van der Waals surface area (Å²) in [4.78, 5) is 12.8. The molecule has 0 saturated heterocycles. The number of aromatic nitrogens is 2. The Kier molecular flexibility index (Phi) is 9.28. The highest BCUT2D eigenvalue weighted by molar-refractivity contribution is 6.03. The largest absolute Gasteiger partial charge is 0.341 e. The molecule has 1 aliphatic rings. The molecule has 1 aliphatic heterocycles. The Labute approximate surface area is 251 Å². The van der Waals surface area contributed by atoms with Gasteiger partial charge in [0.15, 0.2) is 0 Å². The normalized spacial score (nSPS) is 20.0. The Balaban J connectivity index is 1.62. The molecule has 0 fully saturated rings. The molecular weight excluding hydrogens is 510 g/mol. The molecule has 0 aliphatic carbocycles. The zero-order chi connectivity index (χ0) is 29.5. The first-order valence-electron chi connectivity index (χ1n) is 15.1. The molecule has 3 aromatic carbocycles. The molecule has 0 spiro atoms. The van der Waals surface area contributed by atoms with Crippen molar-refractivity contribution in [2.75, 3.05) is 18.0 Å². The van der Waals surface area contributed by atoms with Gasteiger partial charge in [0.25, 0.3) is 0 Å². The molecule has 42 heavy (non-hydrogen) atoms. The first-order valence-corrected chi connectivity index (χ1v) is 15.1. The highest BCUT2D eigenvalue weighted by atomic mass is 15.2. The molecule has 0 N–H and O–H groups in total. The summed E-state index contributed by atoms with van der Waals surface area (Å²) in [5.74, 6) is 1.13. The number of anilines is 1. The first kappa shape index (κ1) is 29.0. The van der Waals surface area contributed by atoms with Crippen molar-refractivity contribution < 1.29 is 0 Å². The molecule has 0 saturated carbocycles. The van der Waals surface area contributed by atoms with E-state index in [0.29, 0.717) is 5.92 Å². The third-order valence-corrected chi connectivity index (χ3v) is 8.29. The van der Waals surface area contributed by atoms with E-state index in [1.807, 2.05) is 6.08 Å². The Hall–Kier alpha value is -4.50. The maximum atomic E-state index is 5.32. The van der Waals surface area contributed by atoms with Gasteiger partial charge in [0.1, 0.15) is 0 Å². The number of nitrogens with zero attached hydrogens (tertiary/aromatic N) is 3. The van der Waals surface area contributed by atoms with E-state index < -0.39 is 0 Å². The second-order valence-corrected chi connectivity index (χ2v) is 10.9. The predicted molar refractivity (Wildman–Crippen MR) is 182 cm³/mol. The minimum atomic E-state index is 0.337. The van der Waals surface area contributed by atoms with Gasteiger partial charge in [-0.1, -0.05) is 118 Å². The van der Waals surface area contributed by atoms with Gasteiger partial charge in [0.05, 0.1) is 11.2 Å². The Bertz CT molecular complexity index is 1710. The van der Waals surface area contributed by atoms with Gasteiger partial charge < -0.3 is 4.90 Å². The summed E-state index contributed by atoms with van der Waals surface area (Å²) in [5.41, 5.74) is 7.33. The average Bonchev–Trinajstić information content (AvgIpc) is 3.03. The molecule has 5 rings (SSSR count). The Morgan fingerprint density at radius 2 is 1.69 bits per heavy atom. The average molecular weight is 552 g/mol. The van der Waals surface area contributed by atoms with Crippen molar-refractivity contribution >= 4 is 27.6 Å². The molecule has 1 atom stereocenters. The van der Waals surface area contributed by atoms with Gasteiger partial charge in [-0.15, -0.1) is 0 Å². The van der Waals surface area contributed by atoms with Crippen LogP contribution in [0.25, 0.3) is 32.9 Å². The molecular formula is C39H41N3. The molecule has 212 valence electrons. The maximum absolute atomic E-state index is 5.32. The molecule has 0 bridgehead atoms. The first-order chi connectivity index (χ1) is 20.5. The summed E-state index contributed by atoms with van der Waals surface area (Å²) >= 11 is 0. The van der Waals surface area contributed by atoms with Crippen molar-refractivity contribution in [1.82, 2.24) is 9.97 Å². The standard InChI is InChI=1S/C39H41N3/c1-6-17-33-30(7-2)25-27-42(26-15-9-10-18-28(4)29(5)32(33)8-3)39-40-37-24-14-13-22-36(37)38(41-39)35-23-16-20-31-19-11-12-21-34(31)35/h6,8,10-14,16-24,30H,3-5,7,9,15,25-27H2,1-2H3/b17-6-,18-10-,33-32-/t30-/m0/s1. The second kappa shape index (κ2) is 13.4. The molecule has 3 nitrogen and oxygen atoms in total. The van der Waals surface area contributed by atoms with Crippen molar-refractivity contribution in [3.63, 3.8) is 0 Å². The number of hydrogen-bond donors (Lipinski definition) is 0. The molecule has 2 heterocycles. The van der Waals surface area contributed by atoms with Crippen molar-refractivity contribution in [2.24, 2.45) is 5.92 Å². The lowest BCUT2D eigenvalue weighted by molar-refractivity contribution is 0.535. The molecule has 4 aromatic rings. The fourth-order valence-corrected chi connectivity index (χ4v) is 5.99. The van der Waals surface area contributed by atoms with Gasteiger partial charge in [-0.3, -0.25) is 0 Å². The van der Waals surface area contributed by atoms with E-state index in [0.717, 1.165) is 83.6 Å². The van der Waals surface area contributed by atoms with Gasteiger partial charge in [0.2, 0.25) is 5.95 Å². The lowest BCUT2D eigenvalue weighted by Gasteiger charge is -2.27. The Morgan fingerprint density at radius 1 is 0.929 bits per heavy atom. The van der Waals surface area contributed by atoms with E-state index in [4.69, 9.17) is 9.97 Å². The van der Waals surface area contributed by atoms with Crippen LogP contribution < -0.4 is 4.90 Å². The van der Waals surface area contributed by atoms with Crippen LogP contribution in [0.15, 0.2) is 139 Å². The van der Waals surface area contributed by atoms with Crippen molar-refractivity contribution in [3.8, 4) is 11.3 Å². The fourth-order valence-electron chi connectivity index (χ4n) is 5.99.